The number of hydrogen-bond acceptors (Lipinski definition) is 5. The highest BCUT2D eigenvalue weighted by atomic mass is 16.6. The topological polar surface area (TPSA) is 78.7 Å². The fraction of sp³-hybridized carbons (Fsp3) is 0.462. The van der Waals surface area contributed by atoms with Crippen molar-refractivity contribution in [3.05, 3.63) is 33.9 Å². The highest BCUT2D eigenvalue weighted by molar-refractivity contribution is 5.79. The summed E-state index contributed by atoms with van der Waals surface area (Å²) in [6.45, 7) is 1.54. The Morgan fingerprint density at radius 1 is 1.42 bits per heavy atom. The highest BCUT2D eigenvalue weighted by Crippen LogP contribution is 2.41. The average Bonchev–Trinajstić information content (AvgIpc) is 2.38. The summed E-state index contributed by atoms with van der Waals surface area (Å²) in [5.74, 6) is -0.356. The third kappa shape index (κ3) is 2.52. The summed E-state index contributed by atoms with van der Waals surface area (Å²) in [5, 5.41) is 10.8. The molecule has 2 atom stereocenters. The standard InChI is InChI=1S/C13H15NO5/c1-3-9-11(7-14(16)17)10-6-8(18-2)4-5-12(10)19-13(9)15/h4-6,9,11H,3,7H2,1-2H3/t9-,11+/m1/s1. The summed E-state index contributed by atoms with van der Waals surface area (Å²) in [7, 11) is 1.52. The lowest BCUT2D eigenvalue weighted by Gasteiger charge is -2.29. The number of carbonyl (C=O) groups is 1. The molecule has 6 heteroatoms. The number of fused-ring (bicyclic) bond motifs is 1. The van der Waals surface area contributed by atoms with Crippen LogP contribution in [0.4, 0.5) is 0 Å². The zero-order valence-corrected chi connectivity index (χ0v) is 10.8. The Kier molecular flexibility index (Phi) is 3.69. The van der Waals surface area contributed by atoms with Crippen molar-refractivity contribution < 1.29 is 19.2 Å². The SMILES string of the molecule is CC[C@H]1C(=O)Oc2ccc(OC)cc2[C@H]1C[N+](=O)[O-]. The van der Waals surface area contributed by atoms with Gasteiger partial charge in [0, 0.05) is 10.5 Å². The Morgan fingerprint density at radius 3 is 2.74 bits per heavy atom. The van der Waals surface area contributed by atoms with E-state index in [4.69, 9.17) is 9.47 Å². The van der Waals surface area contributed by atoms with Crippen LogP contribution in [0.5, 0.6) is 11.5 Å². The number of rotatable bonds is 4. The summed E-state index contributed by atoms with van der Waals surface area (Å²) in [6.07, 6.45) is 0.508. The minimum Gasteiger partial charge on any atom is -0.497 e. The Balaban J connectivity index is 2.47. The molecule has 2 rings (SSSR count). The number of hydrogen-bond donors (Lipinski definition) is 0. The maximum absolute atomic E-state index is 11.9. The smallest absolute Gasteiger partial charge is 0.315 e. The van der Waals surface area contributed by atoms with E-state index < -0.39 is 22.7 Å². The molecule has 102 valence electrons. The molecular weight excluding hydrogens is 250 g/mol. The molecule has 0 unspecified atom stereocenters. The molecule has 0 fully saturated rings. The lowest BCUT2D eigenvalue weighted by molar-refractivity contribution is -0.484. The van der Waals surface area contributed by atoms with Gasteiger partial charge in [-0.2, -0.15) is 0 Å². The predicted molar refractivity (Wildman–Crippen MR) is 67.0 cm³/mol. The van der Waals surface area contributed by atoms with Crippen LogP contribution in [-0.4, -0.2) is 24.5 Å². The van der Waals surface area contributed by atoms with Gasteiger partial charge in [0.25, 0.3) is 0 Å². The van der Waals surface area contributed by atoms with Crippen molar-refractivity contribution in [3.63, 3.8) is 0 Å². The van der Waals surface area contributed by atoms with Crippen molar-refractivity contribution in [1.29, 1.82) is 0 Å². The van der Waals surface area contributed by atoms with E-state index >= 15 is 0 Å². The Labute approximate surface area is 110 Å². The third-order valence-corrected chi connectivity index (χ3v) is 3.40. The van der Waals surface area contributed by atoms with E-state index in [2.05, 4.69) is 0 Å². The second kappa shape index (κ2) is 5.26. The van der Waals surface area contributed by atoms with Crippen molar-refractivity contribution in [2.24, 2.45) is 5.92 Å². The van der Waals surface area contributed by atoms with Crippen LogP contribution in [0.1, 0.15) is 24.8 Å². The summed E-state index contributed by atoms with van der Waals surface area (Å²) in [4.78, 5) is 22.3. The number of carbonyl (C=O) groups excluding carboxylic acids is 1. The number of nitrogens with zero attached hydrogens (tertiary/aromatic N) is 1. The summed E-state index contributed by atoms with van der Waals surface area (Å²) >= 11 is 0. The minimum atomic E-state index is -0.481. The van der Waals surface area contributed by atoms with Crippen molar-refractivity contribution >= 4 is 5.97 Å². The van der Waals surface area contributed by atoms with E-state index in [9.17, 15) is 14.9 Å². The second-order valence-electron chi connectivity index (χ2n) is 4.46. The molecule has 0 aromatic heterocycles. The fourth-order valence-corrected chi connectivity index (χ4v) is 2.44. The monoisotopic (exact) mass is 265 g/mol. The first-order chi connectivity index (χ1) is 9.06. The van der Waals surface area contributed by atoms with Crippen molar-refractivity contribution in [3.8, 4) is 11.5 Å². The Morgan fingerprint density at radius 2 is 2.16 bits per heavy atom. The zero-order chi connectivity index (χ0) is 14.0. The average molecular weight is 265 g/mol. The van der Waals surface area contributed by atoms with Crippen LogP contribution in [0.2, 0.25) is 0 Å². The van der Waals surface area contributed by atoms with Crippen molar-refractivity contribution in [2.45, 2.75) is 19.3 Å². The van der Waals surface area contributed by atoms with Crippen LogP contribution in [0.3, 0.4) is 0 Å². The maximum Gasteiger partial charge on any atom is 0.315 e. The number of methoxy groups -OCH3 is 1. The zero-order valence-electron chi connectivity index (χ0n) is 10.8. The van der Waals surface area contributed by atoms with Gasteiger partial charge in [-0.25, -0.2) is 0 Å². The van der Waals surface area contributed by atoms with Gasteiger partial charge in [0.15, 0.2) is 0 Å². The number of esters is 1. The molecule has 1 heterocycles. The molecule has 6 nitrogen and oxygen atoms in total. The van der Waals surface area contributed by atoms with Gasteiger partial charge in [-0.05, 0) is 24.6 Å². The molecule has 0 spiro atoms. The van der Waals surface area contributed by atoms with E-state index in [0.717, 1.165) is 0 Å². The van der Waals surface area contributed by atoms with Crippen LogP contribution in [0.25, 0.3) is 0 Å². The van der Waals surface area contributed by atoms with Gasteiger partial charge in [0.2, 0.25) is 6.54 Å². The molecule has 1 aliphatic heterocycles. The van der Waals surface area contributed by atoms with Gasteiger partial charge in [0.05, 0.1) is 18.9 Å². The second-order valence-corrected chi connectivity index (χ2v) is 4.46. The molecule has 0 saturated carbocycles. The lowest BCUT2D eigenvalue weighted by atomic mass is 9.82. The van der Waals surface area contributed by atoms with Gasteiger partial charge in [0.1, 0.15) is 11.5 Å². The van der Waals surface area contributed by atoms with Gasteiger partial charge in [-0.3, -0.25) is 14.9 Å². The summed E-state index contributed by atoms with van der Waals surface area (Å²) in [5.41, 5.74) is 0.669. The molecule has 0 radical (unpaired) electrons. The molecule has 1 aromatic rings. The molecule has 0 N–H and O–H groups in total. The van der Waals surface area contributed by atoms with Gasteiger partial charge < -0.3 is 9.47 Å². The first-order valence-electron chi connectivity index (χ1n) is 6.08. The molecule has 19 heavy (non-hydrogen) atoms. The minimum absolute atomic E-state index is 0.284. The van der Waals surface area contributed by atoms with Gasteiger partial charge in [-0.15, -0.1) is 0 Å². The Bertz CT molecular complexity index is 514. The van der Waals surface area contributed by atoms with E-state index in [0.29, 0.717) is 23.5 Å². The number of benzene rings is 1. The quantitative estimate of drug-likeness (QED) is 0.360. The molecular formula is C13H15NO5. The van der Waals surface area contributed by atoms with Crippen molar-refractivity contribution in [2.75, 3.05) is 13.7 Å². The van der Waals surface area contributed by atoms with E-state index in [1.54, 1.807) is 18.2 Å². The molecule has 1 aliphatic rings. The highest BCUT2D eigenvalue weighted by Gasteiger charge is 2.39. The molecule has 0 saturated heterocycles. The number of ether oxygens (including phenoxy) is 2. The molecule has 1 aromatic carbocycles. The third-order valence-electron chi connectivity index (χ3n) is 3.40. The van der Waals surface area contributed by atoms with E-state index in [1.165, 1.54) is 7.11 Å². The first kappa shape index (κ1) is 13.3. The predicted octanol–water partition coefficient (Wildman–Crippen LogP) is 2.00. The first-order valence-corrected chi connectivity index (χ1v) is 6.08. The maximum atomic E-state index is 11.9. The molecule has 0 bridgehead atoms. The van der Waals surface area contributed by atoms with Crippen LogP contribution in [-0.2, 0) is 4.79 Å². The van der Waals surface area contributed by atoms with Crippen LogP contribution in [0.15, 0.2) is 18.2 Å². The normalized spacial score (nSPS) is 21.5. The van der Waals surface area contributed by atoms with Crippen LogP contribution < -0.4 is 9.47 Å². The lowest BCUT2D eigenvalue weighted by Crippen LogP contribution is -2.34. The largest absolute Gasteiger partial charge is 0.497 e. The van der Waals surface area contributed by atoms with E-state index in [1.807, 2.05) is 6.92 Å². The fourth-order valence-electron chi connectivity index (χ4n) is 2.44. The van der Waals surface area contributed by atoms with Crippen molar-refractivity contribution in [1.82, 2.24) is 0 Å². The number of nitro groups is 1. The molecule has 0 amide bonds. The molecule has 0 aliphatic carbocycles. The Hall–Kier alpha value is -2.11. The summed E-state index contributed by atoms with van der Waals surface area (Å²) < 4.78 is 10.3. The van der Waals surface area contributed by atoms with Crippen LogP contribution in [0, 0.1) is 16.0 Å². The van der Waals surface area contributed by atoms with Crippen LogP contribution >= 0.6 is 0 Å². The van der Waals surface area contributed by atoms with Gasteiger partial charge >= 0.3 is 5.97 Å². The van der Waals surface area contributed by atoms with Gasteiger partial charge in [-0.1, -0.05) is 6.92 Å². The summed E-state index contributed by atoms with van der Waals surface area (Å²) in [6, 6.07) is 4.99. The van der Waals surface area contributed by atoms with E-state index in [-0.39, 0.29) is 6.54 Å².